The molecule has 0 aromatic carbocycles. The Bertz CT molecular complexity index is 166. The smallest absolute Gasteiger partial charge is 0.0585 e. The summed E-state index contributed by atoms with van der Waals surface area (Å²) in [5.41, 5.74) is 1.03. The van der Waals surface area contributed by atoms with Crippen molar-refractivity contribution in [3.8, 4) is 0 Å². The third-order valence-corrected chi connectivity index (χ3v) is 1.21. The van der Waals surface area contributed by atoms with Gasteiger partial charge >= 0.3 is 0 Å². The molecule has 0 fully saturated rings. The standard InChI is InChI=1S/C9H16N2/c1-5-6-11-9(7-10-4)8(2)3/h5-8,10H,1H2,2-4H3/b9-7-,11-6?. The first-order valence-electron chi connectivity index (χ1n) is 3.74. The maximum atomic E-state index is 4.19. The SMILES string of the molecule is C=CC=N/C(=C\NC)C(C)C. The number of nitrogens with one attached hydrogen (secondary N) is 1. The lowest BCUT2D eigenvalue weighted by atomic mass is 10.1. The van der Waals surface area contributed by atoms with Crippen LogP contribution in [0, 0.1) is 5.92 Å². The van der Waals surface area contributed by atoms with Gasteiger partial charge in [-0.1, -0.05) is 26.5 Å². The first-order chi connectivity index (χ1) is 5.22. The number of hydrogen-bond donors (Lipinski definition) is 1. The Morgan fingerprint density at radius 2 is 2.18 bits per heavy atom. The highest BCUT2D eigenvalue weighted by molar-refractivity contribution is 5.71. The summed E-state index contributed by atoms with van der Waals surface area (Å²) in [7, 11) is 1.87. The molecule has 11 heavy (non-hydrogen) atoms. The van der Waals surface area contributed by atoms with E-state index in [0.29, 0.717) is 5.92 Å². The molecule has 0 radical (unpaired) electrons. The fourth-order valence-electron chi connectivity index (χ4n) is 0.640. The first-order valence-corrected chi connectivity index (χ1v) is 3.74. The van der Waals surface area contributed by atoms with Crippen LogP contribution in [0.4, 0.5) is 0 Å². The number of aliphatic imine (C=N–C) groups is 1. The molecule has 0 heterocycles. The average molecular weight is 152 g/mol. The number of allylic oxidation sites excluding steroid dienone is 2. The van der Waals surface area contributed by atoms with Crippen molar-refractivity contribution in [1.29, 1.82) is 0 Å². The van der Waals surface area contributed by atoms with Crippen LogP contribution in [0.25, 0.3) is 0 Å². The molecule has 0 rings (SSSR count). The average Bonchev–Trinajstić information content (AvgIpc) is 1.97. The monoisotopic (exact) mass is 152 g/mol. The Hall–Kier alpha value is -1.05. The molecule has 62 valence electrons. The Kier molecular flexibility index (Phi) is 5.17. The normalized spacial score (nSPS) is 12.5. The van der Waals surface area contributed by atoms with Crippen LogP contribution in [0.1, 0.15) is 13.8 Å². The Morgan fingerprint density at radius 3 is 2.55 bits per heavy atom. The van der Waals surface area contributed by atoms with Crippen LogP contribution in [-0.4, -0.2) is 13.3 Å². The van der Waals surface area contributed by atoms with Crippen LogP contribution in [0.3, 0.4) is 0 Å². The van der Waals surface area contributed by atoms with Gasteiger partial charge in [0.1, 0.15) is 0 Å². The molecule has 0 aliphatic rings. The van der Waals surface area contributed by atoms with Crippen LogP contribution in [-0.2, 0) is 0 Å². The molecule has 0 atom stereocenters. The summed E-state index contributed by atoms with van der Waals surface area (Å²) in [6.45, 7) is 7.76. The molecular weight excluding hydrogens is 136 g/mol. The molecule has 0 bridgehead atoms. The second kappa shape index (κ2) is 5.71. The van der Waals surface area contributed by atoms with E-state index in [0.717, 1.165) is 5.70 Å². The summed E-state index contributed by atoms with van der Waals surface area (Å²) in [6, 6.07) is 0. The highest BCUT2D eigenvalue weighted by Crippen LogP contribution is 2.08. The lowest BCUT2D eigenvalue weighted by molar-refractivity contribution is 0.748. The van der Waals surface area contributed by atoms with E-state index in [1.807, 2.05) is 13.2 Å². The van der Waals surface area contributed by atoms with E-state index in [9.17, 15) is 0 Å². The van der Waals surface area contributed by atoms with E-state index in [1.165, 1.54) is 0 Å². The minimum Gasteiger partial charge on any atom is -0.393 e. The number of rotatable bonds is 4. The highest BCUT2D eigenvalue weighted by atomic mass is 14.8. The van der Waals surface area contributed by atoms with Gasteiger partial charge in [-0.15, -0.1) is 0 Å². The van der Waals surface area contributed by atoms with Gasteiger partial charge in [0.2, 0.25) is 0 Å². The predicted octanol–water partition coefficient (Wildman–Crippen LogP) is 1.96. The molecule has 2 nitrogen and oxygen atoms in total. The van der Waals surface area contributed by atoms with Gasteiger partial charge in [0.05, 0.1) is 5.70 Å². The second-order valence-electron chi connectivity index (χ2n) is 2.53. The fraction of sp³-hybridized carbons (Fsp3) is 0.444. The van der Waals surface area contributed by atoms with Gasteiger partial charge in [-0.25, -0.2) is 0 Å². The topological polar surface area (TPSA) is 24.4 Å². The van der Waals surface area contributed by atoms with E-state index in [-0.39, 0.29) is 0 Å². The van der Waals surface area contributed by atoms with Crippen molar-refractivity contribution in [3.63, 3.8) is 0 Å². The van der Waals surface area contributed by atoms with Crippen molar-refractivity contribution in [2.24, 2.45) is 10.9 Å². The summed E-state index contributed by atoms with van der Waals surface area (Å²) < 4.78 is 0. The molecule has 0 spiro atoms. The van der Waals surface area contributed by atoms with Gasteiger partial charge in [-0.05, 0) is 5.92 Å². The van der Waals surface area contributed by atoms with E-state index in [1.54, 1.807) is 12.3 Å². The Balaban J connectivity index is 4.22. The Morgan fingerprint density at radius 1 is 1.55 bits per heavy atom. The zero-order chi connectivity index (χ0) is 8.69. The summed E-state index contributed by atoms with van der Waals surface area (Å²) in [5, 5.41) is 2.95. The molecule has 0 aromatic heterocycles. The van der Waals surface area contributed by atoms with E-state index in [2.05, 4.69) is 30.7 Å². The van der Waals surface area contributed by atoms with E-state index < -0.39 is 0 Å². The van der Waals surface area contributed by atoms with Crippen molar-refractivity contribution in [2.45, 2.75) is 13.8 Å². The van der Waals surface area contributed by atoms with Crippen LogP contribution in [0.2, 0.25) is 0 Å². The lowest BCUT2D eigenvalue weighted by Crippen LogP contribution is -2.00. The van der Waals surface area contributed by atoms with Crippen molar-refractivity contribution >= 4 is 6.21 Å². The van der Waals surface area contributed by atoms with E-state index in [4.69, 9.17) is 0 Å². The molecule has 1 N–H and O–H groups in total. The lowest BCUT2D eigenvalue weighted by Gasteiger charge is -2.03. The van der Waals surface area contributed by atoms with Gasteiger partial charge in [0, 0.05) is 19.5 Å². The summed E-state index contributed by atoms with van der Waals surface area (Å²) in [4.78, 5) is 4.19. The zero-order valence-electron chi connectivity index (χ0n) is 7.46. The highest BCUT2D eigenvalue weighted by Gasteiger charge is 1.97. The minimum absolute atomic E-state index is 0.443. The van der Waals surface area contributed by atoms with Gasteiger partial charge < -0.3 is 5.32 Å². The van der Waals surface area contributed by atoms with Crippen LogP contribution < -0.4 is 5.32 Å². The van der Waals surface area contributed by atoms with Crippen molar-refractivity contribution in [2.75, 3.05) is 7.05 Å². The molecule has 0 aromatic rings. The molecule has 0 aliphatic heterocycles. The van der Waals surface area contributed by atoms with Crippen LogP contribution >= 0.6 is 0 Å². The number of hydrogen-bond acceptors (Lipinski definition) is 2. The summed E-state index contributed by atoms with van der Waals surface area (Å²) >= 11 is 0. The molecule has 0 unspecified atom stereocenters. The molecule has 0 amide bonds. The van der Waals surface area contributed by atoms with Gasteiger partial charge in [-0.3, -0.25) is 4.99 Å². The van der Waals surface area contributed by atoms with Gasteiger partial charge in [-0.2, -0.15) is 0 Å². The zero-order valence-corrected chi connectivity index (χ0v) is 7.46. The molecule has 0 saturated carbocycles. The maximum Gasteiger partial charge on any atom is 0.0585 e. The number of nitrogens with zero attached hydrogens (tertiary/aromatic N) is 1. The second-order valence-corrected chi connectivity index (χ2v) is 2.53. The van der Waals surface area contributed by atoms with Gasteiger partial charge in [0.15, 0.2) is 0 Å². The molecule has 2 heteroatoms. The van der Waals surface area contributed by atoms with Crippen LogP contribution in [0.5, 0.6) is 0 Å². The first kappa shape index (κ1) is 9.95. The van der Waals surface area contributed by atoms with Crippen molar-refractivity contribution < 1.29 is 0 Å². The maximum absolute atomic E-state index is 4.19. The predicted molar refractivity (Wildman–Crippen MR) is 50.7 cm³/mol. The minimum atomic E-state index is 0.443. The van der Waals surface area contributed by atoms with Crippen LogP contribution in [0.15, 0.2) is 29.5 Å². The quantitative estimate of drug-likeness (QED) is 0.612. The van der Waals surface area contributed by atoms with Gasteiger partial charge in [0.25, 0.3) is 0 Å². The third-order valence-electron chi connectivity index (χ3n) is 1.21. The molecular formula is C9H16N2. The third kappa shape index (κ3) is 4.37. The van der Waals surface area contributed by atoms with Crippen molar-refractivity contribution in [3.05, 3.63) is 24.6 Å². The molecule has 0 aliphatic carbocycles. The largest absolute Gasteiger partial charge is 0.393 e. The fourth-order valence-corrected chi connectivity index (χ4v) is 0.640. The summed E-state index contributed by atoms with van der Waals surface area (Å²) in [5.74, 6) is 0.443. The molecule has 0 saturated heterocycles. The van der Waals surface area contributed by atoms with Crippen molar-refractivity contribution in [1.82, 2.24) is 5.32 Å². The van der Waals surface area contributed by atoms with E-state index >= 15 is 0 Å². The summed E-state index contributed by atoms with van der Waals surface area (Å²) in [6.07, 6.45) is 5.26. The Labute approximate surface area is 68.7 Å².